The predicted molar refractivity (Wildman–Crippen MR) is 106 cm³/mol. The molecule has 0 radical (unpaired) electrons. The second-order valence-electron chi connectivity index (χ2n) is 5.64. The van der Waals surface area contributed by atoms with E-state index in [-0.39, 0.29) is 0 Å². The zero-order valence-electron chi connectivity index (χ0n) is 15.1. The van der Waals surface area contributed by atoms with Crippen LogP contribution in [0.2, 0.25) is 5.02 Å². The number of ether oxygens (including phenoxy) is 2. The summed E-state index contributed by atoms with van der Waals surface area (Å²) < 4.78 is 10.6. The van der Waals surface area contributed by atoms with E-state index in [9.17, 15) is 0 Å². The SMILES string of the molecule is COc1ccc(CCNc2cnnc(Nc3ccccc3Cl)n2)cc1OC. The second kappa shape index (κ2) is 9.05. The summed E-state index contributed by atoms with van der Waals surface area (Å²) in [6, 6.07) is 13.2. The fourth-order valence-corrected chi connectivity index (χ4v) is 2.68. The molecule has 1 aromatic heterocycles. The van der Waals surface area contributed by atoms with E-state index in [2.05, 4.69) is 25.8 Å². The normalized spacial score (nSPS) is 10.3. The number of anilines is 3. The largest absolute Gasteiger partial charge is 0.493 e. The molecule has 7 nitrogen and oxygen atoms in total. The van der Waals surface area contributed by atoms with E-state index < -0.39 is 0 Å². The molecule has 0 aliphatic heterocycles. The van der Waals surface area contributed by atoms with Gasteiger partial charge in [-0.25, -0.2) is 0 Å². The van der Waals surface area contributed by atoms with Crippen molar-refractivity contribution in [1.29, 1.82) is 0 Å². The topological polar surface area (TPSA) is 81.2 Å². The van der Waals surface area contributed by atoms with Crippen LogP contribution in [0.15, 0.2) is 48.7 Å². The molecule has 0 saturated carbocycles. The highest BCUT2D eigenvalue weighted by Crippen LogP contribution is 2.27. The van der Waals surface area contributed by atoms with Crippen molar-refractivity contribution in [1.82, 2.24) is 15.2 Å². The first kappa shape index (κ1) is 18.7. The summed E-state index contributed by atoms with van der Waals surface area (Å²) in [4.78, 5) is 4.40. The molecular formula is C19H20ClN5O2. The van der Waals surface area contributed by atoms with Crippen molar-refractivity contribution in [3.8, 4) is 11.5 Å². The number of hydrogen-bond acceptors (Lipinski definition) is 7. The molecule has 8 heteroatoms. The molecule has 0 amide bonds. The Labute approximate surface area is 162 Å². The Bertz CT molecular complexity index is 907. The van der Waals surface area contributed by atoms with E-state index in [1.165, 1.54) is 0 Å². The Morgan fingerprint density at radius 3 is 2.63 bits per heavy atom. The van der Waals surface area contributed by atoms with Crippen molar-refractivity contribution < 1.29 is 9.47 Å². The summed E-state index contributed by atoms with van der Waals surface area (Å²) >= 11 is 6.14. The smallest absolute Gasteiger partial charge is 0.249 e. The molecule has 0 bridgehead atoms. The van der Waals surface area contributed by atoms with Gasteiger partial charge in [0.05, 0.1) is 31.1 Å². The molecule has 1 heterocycles. The van der Waals surface area contributed by atoms with Crippen LogP contribution in [0, 0.1) is 0 Å². The molecule has 2 N–H and O–H groups in total. The fourth-order valence-electron chi connectivity index (χ4n) is 2.50. The van der Waals surface area contributed by atoms with Gasteiger partial charge in [0.2, 0.25) is 5.95 Å². The molecule has 0 fully saturated rings. The van der Waals surface area contributed by atoms with Crippen molar-refractivity contribution in [2.24, 2.45) is 0 Å². The highest BCUT2D eigenvalue weighted by molar-refractivity contribution is 6.33. The average molecular weight is 386 g/mol. The van der Waals surface area contributed by atoms with E-state index >= 15 is 0 Å². The Hall–Kier alpha value is -3.06. The number of hydrogen-bond donors (Lipinski definition) is 2. The minimum atomic E-state index is 0.374. The van der Waals surface area contributed by atoms with E-state index in [1.54, 1.807) is 26.5 Å². The van der Waals surface area contributed by atoms with Gasteiger partial charge in [-0.1, -0.05) is 29.8 Å². The summed E-state index contributed by atoms with van der Waals surface area (Å²) in [7, 11) is 3.25. The molecule has 0 aliphatic carbocycles. The Morgan fingerprint density at radius 2 is 1.85 bits per heavy atom. The van der Waals surface area contributed by atoms with E-state index in [0.29, 0.717) is 34.8 Å². The molecule has 27 heavy (non-hydrogen) atoms. The lowest BCUT2D eigenvalue weighted by Crippen LogP contribution is -2.09. The number of para-hydroxylation sites is 1. The van der Waals surface area contributed by atoms with Crippen LogP contribution in [-0.4, -0.2) is 35.9 Å². The molecule has 0 spiro atoms. The van der Waals surface area contributed by atoms with Crippen molar-refractivity contribution in [2.45, 2.75) is 6.42 Å². The fraction of sp³-hybridized carbons (Fsp3) is 0.211. The van der Waals surface area contributed by atoms with Gasteiger partial charge in [0, 0.05) is 6.54 Å². The first-order valence-electron chi connectivity index (χ1n) is 8.35. The van der Waals surface area contributed by atoms with Gasteiger partial charge in [0.15, 0.2) is 17.3 Å². The van der Waals surface area contributed by atoms with Crippen molar-refractivity contribution in [3.63, 3.8) is 0 Å². The van der Waals surface area contributed by atoms with E-state index in [1.807, 2.05) is 36.4 Å². The van der Waals surface area contributed by atoms with Crippen LogP contribution in [0.5, 0.6) is 11.5 Å². The Morgan fingerprint density at radius 1 is 1.04 bits per heavy atom. The maximum atomic E-state index is 6.14. The minimum absolute atomic E-state index is 0.374. The van der Waals surface area contributed by atoms with E-state index in [0.717, 1.165) is 17.7 Å². The molecule has 2 aromatic carbocycles. The van der Waals surface area contributed by atoms with Crippen LogP contribution in [0.1, 0.15) is 5.56 Å². The molecule has 0 aliphatic rings. The predicted octanol–water partition coefficient (Wildman–Crippen LogP) is 3.94. The molecule has 0 saturated heterocycles. The summed E-state index contributed by atoms with van der Waals surface area (Å²) in [5.41, 5.74) is 1.85. The van der Waals surface area contributed by atoms with Crippen molar-refractivity contribution in [2.75, 3.05) is 31.4 Å². The number of halogens is 1. The Kier molecular flexibility index (Phi) is 6.27. The quantitative estimate of drug-likeness (QED) is 0.607. The third-order valence-corrected chi connectivity index (χ3v) is 4.18. The van der Waals surface area contributed by atoms with Crippen molar-refractivity contribution in [3.05, 3.63) is 59.2 Å². The van der Waals surface area contributed by atoms with Crippen molar-refractivity contribution >= 4 is 29.1 Å². The number of aromatic nitrogens is 3. The Balaban J connectivity index is 1.60. The van der Waals surface area contributed by atoms with Crippen LogP contribution in [0.4, 0.5) is 17.5 Å². The summed E-state index contributed by atoms with van der Waals surface area (Å²) in [5.74, 6) is 2.42. The molecule has 3 aromatic rings. The number of nitrogens with zero attached hydrogens (tertiary/aromatic N) is 3. The monoisotopic (exact) mass is 385 g/mol. The van der Waals surface area contributed by atoms with Crippen LogP contribution in [0.25, 0.3) is 0 Å². The van der Waals surface area contributed by atoms with Gasteiger partial charge in [-0.15, -0.1) is 5.10 Å². The first-order chi connectivity index (χ1) is 13.2. The maximum absolute atomic E-state index is 6.14. The lowest BCUT2D eigenvalue weighted by Gasteiger charge is -2.11. The standard InChI is InChI=1S/C19H20ClN5O2/c1-26-16-8-7-13(11-17(16)27-2)9-10-21-18-12-22-25-19(24-18)23-15-6-4-3-5-14(15)20/h3-8,11-12H,9-10H2,1-2H3,(H2,21,23,24,25). The average Bonchev–Trinajstić information content (AvgIpc) is 2.70. The zero-order valence-corrected chi connectivity index (χ0v) is 15.8. The number of methoxy groups -OCH3 is 2. The summed E-state index contributed by atoms with van der Waals surface area (Å²) in [5, 5.41) is 14.8. The summed E-state index contributed by atoms with van der Waals surface area (Å²) in [6.07, 6.45) is 2.37. The molecule has 0 atom stereocenters. The number of benzene rings is 2. The van der Waals surface area contributed by atoms with Crippen LogP contribution in [0.3, 0.4) is 0 Å². The number of nitrogens with one attached hydrogen (secondary N) is 2. The molecular weight excluding hydrogens is 366 g/mol. The maximum Gasteiger partial charge on any atom is 0.249 e. The van der Waals surface area contributed by atoms with Crippen LogP contribution >= 0.6 is 11.6 Å². The lowest BCUT2D eigenvalue weighted by molar-refractivity contribution is 0.354. The van der Waals surface area contributed by atoms with E-state index in [4.69, 9.17) is 21.1 Å². The van der Waals surface area contributed by atoms with Crippen LogP contribution < -0.4 is 20.1 Å². The number of rotatable bonds is 8. The lowest BCUT2D eigenvalue weighted by atomic mass is 10.1. The summed E-state index contributed by atoms with van der Waals surface area (Å²) in [6.45, 7) is 0.680. The second-order valence-corrected chi connectivity index (χ2v) is 6.04. The minimum Gasteiger partial charge on any atom is -0.493 e. The zero-order chi connectivity index (χ0) is 19.1. The third-order valence-electron chi connectivity index (χ3n) is 3.85. The highest BCUT2D eigenvalue weighted by atomic mass is 35.5. The van der Waals surface area contributed by atoms with Crippen LogP contribution in [-0.2, 0) is 6.42 Å². The highest BCUT2D eigenvalue weighted by Gasteiger charge is 2.06. The van der Waals surface area contributed by atoms with Gasteiger partial charge >= 0.3 is 0 Å². The molecule has 0 unspecified atom stereocenters. The van der Waals surface area contributed by atoms with Gasteiger partial charge in [0.25, 0.3) is 0 Å². The molecule has 3 rings (SSSR count). The molecule has 140 valence electrons. The van der Waals surface area contributed by atoms with Gasteiger partial charge in [-0.05, 0) is 36.2 Å². The third kappa shape index (κ3) is 4.98. The van der Waals surface area contributed by atoms with Gasteiger partial charge in [0.1, 0.15) is 0 Å². The van der Waals surface area contributed by atoms with Gasteiger partial charge < -0.3 is 20.1 Å². The van der Waals surface area contributed by atoms with Gasteiger partial charge in [-0.3, -0.25) is 0 Å². The van der Waals surface area contributed by atoms with Gasteiger partial charge in [-0.2, -0.15) is 10.1 Å². The first-order valence-corrected chi connectivity index (χ1v) is 8.73.